The van der Waals surface area contributed by atoms with Gasteiger partial charge in [-0.25, -0.2) is 4.39 Å². The number of halogens is 1. The van der Waals surface area contributed by atoms with E-state index in [4.69, 9.17) is 11.1 Å². The molecule has 32 heavy (non-hydrogen) atoms. The number of nitrogens with two attached hydrogens (primary N) is 1. The van der Waals surface area contributed by atoms with Crippen LogP contribution in [0.5, 0.6) is 0 Å². The van der Waals surface area contributed by atoms with E-state index in [1.165, 1.54) is 12.3 Å². The summed E-state index contributed by atoms with van der Waals surface area (Å²) >= 11 is 0. The van der Waals surface area contributed by atoms with E-state index in [0.29, 0.717) is 35.5 Å². The molecule has 0 aliphatic carbocycles. The van der Waals surface area contributed by atoms with Gasteiger partial charge in [0.05, 0.1) is 11.1 Å². The number of carbonyl (C=O) groups is 1. The Morgan fingerprint density at radius 1 is 1.16 bits per heavy atom. The number of aryl methyl sites for hydroxylation is 1. The summed E-state index contributed by atoms with van der Waals surface area (Å²) in [6.07, 6.45) is 1.22. The number of nitrogens with one attached hydrogen (secondary N) is 1. The van der Waals surface area contributed by atoms with E-state index >= 15 is 0 Å². The fraction of sp³-hybridized carbons (Fsp3) is 0.360. The maximum Gasteiger partial charge on any atom is 0.256 e. The zero-order chi connectivity index (χ0) is 23.2. The van der Waals surface area contributed by atoms with Crippen molar-refractivity contribution in [2.24, 2.45) is 0 Å². The molecule has 3 N–H and O–H groups in total. The van der Waals surface area contributed by atoms with Gasteiger partial charge in [-0.15, -0.1) is 0 Å². The molecule has 2 aromatic carbocycles. The van der Waals surface area contributed by atoms with Crippen LogP contribution in [0.25, 0.3) is 16.6 Å². The minimum atomic E-state index is -0.269. The zero-order valence-electron chi connectivity index (χ0n) is 19.1. The summed E-state index contributed by atoms with van der Waals surface area (Å²) in [5.41, 5.74) is 10.9. The molecule has 1 aliphatic rings. The SMILES string of the molecule is Cc1cc(-n2c(C(C)C)c(C(=O)N3CCN(C)CC3)c3cc(N)c(C=N)cc32)ccc1F. The van der Waals surface area contributed by atoms with E-state index in [-0.39, 0.29) is 17.6 Å². The van der Waals surface area contributed by atoms with Gasteiger partial charge in [-0.1, -0.05) is 13.8 Å². The van der Waals surface area contributed by atoms with Gasteiger partial charge >= 0.3 is 0 Å². The lowest BCUT2D eigenvalue weighted by atomic mass is 10.0. The van der Waals surface area contributed by atoms with Crippen LogP contribution in [0, 0.1) is 18.2 Å². The monoisotopic (exact) mass is 435 g/mol. The molecule has 2 heterocycles. The van der Waals surface area contributed by atoms with Gasteiger partial charge in [-0.2, -0.15) is 0 Å². The highest BCUT2D eigenvalue weighted by Crippen LogP contribution is 2.37. The molecule has 0 unspecified atom stereocenters. The van der Waals surface area contributed by atoms with Gasteiger partial charge in [-0.05, 0) is 55.8 Å². The van der Waals surface area contributed by atoms with Crippen LogP contribution >= 0.6 is 0 Å². The normalized spacial score (nSPS) is 15.0. The topological polar surface area (TPSA) is 78.3 Å². The van der Waals surface area contributed by atoms with Crippen LogP contribution in [0.15, 0.2) is 30.3 Å². The molecule has 1 amide bonds. The number of fused-ring (bicyclic) bond motifs is 1. The average molecular weight is 436 g/mol. The largest absolute Gasteiger partial charge is 0.398 e. The zero-order valence-corrected chi connectivity index (χ0v) is 19.1. The van der Waals surface area contributed by atoms with Crippen LogP contribution < -0.4 is 5.73 Å². The summed E-state index contributed by atoms with van der Waals surface area (Å²) in [5, 5.41) is 8.53. The van der Waals surface area contributed by atoms with Crippen molar-refractivity contribution in [3.8, 4) is 5.69 Å². The number of aromatic nitrogens is 1. The number of piperazine rings is 1. The summed E-state index contributed by atoms with van der Waals surface area (Å²) in [4.78, 5) is 17.9. The van der Waals surface area contributed by atoms with Crippen molar-refractivity contribution in [3.63, 3.8) is 0 Å². The van der Waals surface area contributed by atoms with Crippen molar-refractivity contribution < 1.29 is 9.18 Å². The second kappa shape index (κ2) is 8.39. The molecule has 0 spiro atoms. The third-order valence-corrected chi connectivity index (χ3v) is 6.32. The number of anilines is 1. The predicted molar refractivity (Wildman–Crippen MR) is 128 cm³/mol. The van der Waals surface area contributed by atoms with Crippen molar-refractivity contribution in [1.82, 2.24) is 14.4 Å². The van der Waals surface area contributed by atoms with E-state index in [1.54, 1.807) is 25.1 Å². The molecule has 0 saturated carbocycles. The molecule has 4 rings (SSSR count). The summed E-state index contributed by atoms with van der Waals surface area (Å²) in [7, 11) is 2.06. The first-order valence-electron chi connectivity index (χ1n) is 11.0. The van der Waals surface area contributed by atoms with Crippen LogP contribution in [0.4, 0.5) is 10.1 Å². The highest BCUT2D eigenvalue weighted by molar-refractivity contribution is 6.11. The van der Waals surface area contributed by atoms with Gasteiger partial charge in [0.2, 0.25) is 0 Å². The lowest BCUT2D eigenvalue weighted by Gasteiger charge is -2.32. The summed E-state index contributed by atoms with van der Waals surface area (Å²) < 4.78 is 16.1. The first kappa shape index (κ1) is 22.0. The number of benzene rings is 2. The number of nitrogen functional groups attached to an aromatic ring is 1. The lowest BCUT2D eigenvalue weighted by Crippen LogP contribution is -2.47. The molecule has 3 aromatic rings. The van der Waals surface area contributed by atoms with E-state index in [2.05, 4.69) is 25.8 Å². The Kier molecular flexibility index (Phi) is 5.77. The van der Waals surface area contributed by atoms with Gasteiger partial charge in [0.25, 0.3) is 5.91 Å². The number of rotatable bonds is 4. The summed E-state index contributed by atoms with van der Waals surface area (Å²) in [6.45, 7) is 8.85. The molecule has 1 fully saturated rings. The van der Waals surface area contributed by atoms with Crippen LogP contribution in [-0.2, 0) is 0 Å². The van der Waals surface area contributed by atoms with Gasteiger partial charge in [0, 0.05) is 60.4 Å². The Bertz CT molecular complexity index is 1200. The lowest BCUT2D eigenvalue weighted by molar-refractivity contribution is 0.0664. The Balaban J connectivity index is 2.03. The standard InChI is InChI=1S/C25H30FN5O/c1-15(2)24-23(25(32)30-9-7-29(4)8-10-30)19-13-21(28)17(14-27)12-22(19)31(24)18-5-6-20(26)16(3)11-18/h5-6,11-15,27H,7-10,28H2,1-4H3. The van der Waals surface area contributed by atoms with Gasteiger partial charge in [-0.3, -0.25) is 4.79 Å². The number of hydrogen-bond acceptors (Lipinski definition) is 4. The second-order valence-corrected chi connectivity index (χ2v) is 8.92. The Hall–Kier alpha value is -3.19. The first-order chi connectivity index (χ1) is 15.2. The van der Waals surface area contributed by atoms with Gasteiger partial charge in [0.1, 0.15) is 5.82 Å². The number of hydrogen-bond donors (Lipinski definition) is 2. The van der Waals surface area contributed by atoms with E-state index in [0.717, 1.165) is 35.4 Å². The van der Waals surface area contributed by atoms with E-state index in [1.807, 2.05) is 15.5 Å². The minimum Gasteiger partial charge on any atom is -0.398 e. The Labute approximate surface area is 187 Å². The smallest absolute Gasteiger partial charge is 0.256 e. The van der Waals surface area contributed by atoms with Gasteiger partial charge < -0.3 is 25.5 Å². The highest BCUT2D eigenvalue weighted by atomic mass is 19.1. The van der Waals surface area contributed by atoms with Crippen LogP contribution in [0.3, 0.4) is 0 Å². The molecule has 0 bridgehead atoms. The van der Waals surface area contributed by atoms with Crippen molar-refractivity contribution in [1.29, 1.82) is 5.41 Å². The summed E-state index contributed by atoms with van der Waals surface area (Å²) in [5.74, 6) is -0.246. The third-order valence-electron chi connectivity index (χ3n) is 6.32. The molecule has 1 aromatic heterocycles. The molecular formula is C25H30FN5O. The maximum absolute atomic E-state index is 14.0. The fourth-order valence-corrected chi connectivity index (χ4v) is 4.50. The quantitative estimate of drug-likeness (QED) is 0.477. The molecule has 1 aliphatic heterocycles. The predicted octanol–water partition coefficient (Wildman–Crippen LogP) is 4.17. The molecule has 0 atom stereocenters. The summed E-state index contributed by atoms with van der Waals surface area (Å²) in [6, 6.07) is 8.64. The average Bonchev–Trinajstić information content (AvgIpc) is 3.09. The van der Waals surface area contributed by atoms with Crippen molar-refractivity contribution in [2.45, 2.75) is 26.7 Å². The molecule has 0 radical (unpaired) electrons. The van der Waals surface area contributed by atoms with Crippen molar-refractivity contribution in [3.05, 3.63) is 58.5 Å². The molecule has 1 saturated heterocycles. The van der Waals surface area contributed by atoms with Crippen LogP contribution in [0.1, 0.15) is 46.9 Å². The van der Waals surface area contributed by atoms with E-state index in [9.17, 15) is 9.18 Å². The minimum absolute atomic E-state index is 0.00798. The number of nitrogens with zero attached hydrogens (tertiary/aromatic N) is 3. The number of carbonyl (C=O) groups excluding carboxylic acids is 1. The van der Waals surface area contributed by atoms with Gasteiger partial charge in [0.15, 0.2) is 0 Å². The third kappa shape index (κ3) is 3.66. The van der Waals surface area contributed by atoms with Crippen molar-refractivity contribution >= 4 is 28.7 Å². The molecule has 7 heteroatoms. The maximum atomic E-state index is 14.0. The van der Waals surface area contributed by atoms with Crippen molar-refractivity contribution in [2.75, 3.05) is 39.0 Å². The number of amides is 1. The molecular weight excluding hydrogens is 405 g/mol. The second-order valence-electron chi connectivity index (χ2n) is 8.92. The first-order valence-corrected chi connectivity index (χ1v) is 11.0. The van der Waals surface area contributed by atoms with Crippen LogP contribution in [0.2, 0.25) is 0 Å². The Morgan fingerprint density at radius 2 is 1.84 bits per heavy atom. The van der Waals surface area contributed by atoms with E-state index < -0.39 is 0 Å². The highest BCUT2D eigenvalue weighted by Gasteiger charge is 2.30. The fourth-order valence-electron chi connectivity index (χ4n) is 4.50. The molecule has 6 nitrogen and oxygen atoms in total. The Morgan fingerprint density at radius 3 is 2.44 bits per heavy atom. The number of likely N-dealkylation sites (N-methyl/N-ethyl adjacent to an activating group) is 1. The molecule has 168 valence electrons. The van der Waals surface area contributed by atoms with Crippen LogP contribution in [-0.4, -0.2) is 59.7 Å².